The highest BCUT2D eigenvalue weighted by molar-refractivity contribution is 5.59. The molecule has 0 saturated heterocycles. The summed E-state index contributed by atoms with van der Waals surface area (Å²) in [5, 5.41) is 9.49. The van der Waals surface area contributed by atoms with Crippen LogP contribution in [0.25, 0.3) is 0 Å². The van der Waals surface area contributed by atoms with E-state index in [0.717, 1.165) is 25.1 Å². The molecule has 0 aromatic heterocycles. The van der Waals surface area contributed by atoms with Crippen LogP contribution in [0.15, 0.2) is 18.2 Å². The van der Waals surface area contributed by atoms with Crippen LogP contribution in [0, 0.1) is 0 Å². The smallest absolute Gasteiger partial charge is 0.0537 e. The van der Waals surface area contributed by atoms with Crippen LogP contribution in [0.5, 0.6) is 0 Å². The minimum Gasteiger partial charge on any atom is -0.395 e. The van der Waals surface area contributed by atoms with Gasteiger partial charge < -0.3 is 15.7 Å². The summed E-state index contributed by atoms with van der Waals surface area (Å²) in [6.07, 6.45) is 1.10. The maximum Gasteiger partial charge on any atom is 0.0537 e. The predicted molar refractivity (Wildman–Crippen MR) is 71.5 cm³/mol. The number of fused-ring (bicyclic) bond motifs is 1. The fourth-order valence-corrected chi connectivity index (χ4v) is 2.45. The standard InChI is InChI=1S/C14H22N2O/c1-3-16-7-6-11-8-12(4-5-13(11)16)14(2,9-15)10-17/h4-5,8,17H,3,6-7,9-10,15H2,1-2H3. The van der Waals surface area contributed by atoms with E-state index in [1.165, 1.54) is 11.3 Å². The van der Waals surface area contributed by atoms with E-state index in [2.05, 4.69) is 30.0 Å². The third-order valence-electron chi connectivity index (χ3n) is 3.95. The average Bonchev–Trinajstić information content (AvgIpc) is 2.79. The van der Waals surface area contributed by atoms with Gasteiger partial charge in [-0.25, -0.2) is 0 Å². The summed E-state index contributed by atoms with van der Waals surface area (Å²) >= 11 is 0. The van der Waals surface area contributed by atoms with Gasteiger partial charge >= 0.3 is 0 Å². The number of hydrogen-bond acceptors (Lipinski definition) is 3. The molecule has 1 atom stereocenters. The van der Waals surface area contributed by atoms with Crippen molar-refractivity contribution in [3.63, 3.8) is 0 Å². The van der Waals surface area contributed by atoms with Gasteiger partial charge in [-0.3, -0.25) is 0 Å². The van der Waals surface area contributed by atoms with Gasteiger partial charge in [-0.15, -0.1) is 0 Å². The molecule has 1 aromatic rings. The third-order valence-corrected chi connectivity index (χ3v) is 3.95. The van der Waals surface area contributed by atoms with Crippen molar-refractivity contribution in [2.45, 2.75) is 25.7 Å². The molecule has 0 radical (unpaired) electrons. The van der Waals surface area contributed by atoms with Crippen LogP contribution < -0.4 is 10.6 Å². The number of aliphatic hydroxyl groups is 1. The molecular weight excluding hydrogens is 212 g/mol. The first-order chi connectivity index (χ1) is 8.14. The van der Waals surface area contributed by atoms with Gasteiger partial charge in [-0.05, 0) is 30.5 Å². The molecular formula is C14H22N2O. The third kappa shape index (κ3) is 2.05. The van der Waals surface area contributed by atoms with Gasteiger partial charge in [0.05, 0.1) is 6.61 Å². The van der Waals surface area contributed by atoms with E-state index in [9.17, 15) is 5.11 Å². The quantitative estimate of drug-likeness (QED) is 0.825. The van der Waals surface area contributed by atoms with Crippen LogP contribution >= 0.6 is 0 Å². The summed E-state index contributed by atoms with van der Waals surface area (Å²) in [6.45, 7) is 6.93. The Labute approximate surface area is 103 Å². The first-order valence-corrected chi connectivity index (χ1v) is 6.34. The number of likely N-dealkylation sites (N-methyl/N-ethyl adjacent to an activating group) is 1. The van der Waals surface area contributed by atoms with E-state index in [4.69, 9.17) is 5.73 Å². The first kappa shape index (κ1) is 12.4. The number of rotatable bonds is 4. The lowest BCUT2D eigenvalue weighted by molar-refractivity contribution is 0.210. The number of nitrogens with two attached hydrogens (primary N) is 1. The van der Waals surface area contributed by atoms with Crippen LogP contribution in [0.1, 0.15) is 25.0 Å². The lowest BCUT2D eigenvalue weighted by atomic mass is 9.82. The second-order valence-corrected chi connectivity index (χ2v) is 5.10. The van der Waals surface area contributed by atoms with Gasteiger partial charge in [0.15, 0.2) is 0 Å². The summed E-state index contributed by atoms with van der Waals surface area (Å²) in [6, 6.07) is 6.49. The SMILES string of the molecule is CCN1CCc2cc(C(C)(CN)CO)ccc21. The normalized spacial score (nSPS) is 18.0. The number of anilines is 1. The maximum atomic E-state index is 9.49. The number of hydrogen-bond donors (Lipinski definition) is 2. The highest BCUT2D eigenvalue weighted by Crippen LogP contribution is 2.32. The van der Waals surface area contributed by atoms with Crippen molar-refractivity contribution in [1.29, 1.82) is 0 Å². The van der Waals surface area contributed by atoms with Gasteiger partial charge in [0.1, 0.15) is 0 Å². The van der Waals surface area contributed by atoms with E-state index < -0.39 is 0 Å². The van der Waals surface area contributed by atoms with Crippen LogP contribution in [-0.2, 0) is 11.8 Å². The average molecular weight is 234 g/mol. The summed E-state index contributed by atoms with van der Waals surface area (Å²) in [7, 11) is 0. The highest BCUT2D eigenvalue weighted by atomic mass is 16.3. The van der Waals surface area contributed by atoms with E-state index >= 15 is 0 Å². The Morgan fingerprint density at radius 3 is 2.82 bits per heavy atom. The Bertz CT molecular complexity index is 399. The molecule has 17 heavy (non-hydrogen) atoms. The molecule has 1 aromatic carbocycles. The van der Waals surface area contributed by atoms with E-state index in [1.54, 1.807) is 0 Å². The highest BCUT2D eigenvalue weighted by Gasteiger charge is 2.26. The fraction of sp³-hybridized carbons (Fsp3) is 0.571. The molecule has 3 N–H and O–H groups in total. The van der Waals surface area contributed by atoms with E-state index in [1.807, 2.05) is 6.92 Å². The number of nitrogens with zero attached hydrogens (tertiary/aromatic N) is 1. The van der Waals surface area contributed by atoms with Crippen LogP contribution in [0.2, 0.25) is 0 Å². The van der Waals surface area contributed by atoms with E-state index in [-0.39, 0.29) is 12.0 Å². The maximum absolute atomic E-state index is 9.49. The van der Waals surface area contributed by atoms with Gasteiger partial charge in [-0.1, -0.05) is 19.1 Å². The number of benzene rings is 1. The zero-order valence-electron chi connectivity index (χ0n) is 10.7. The van der Waals surface area contributed by atoms with E-state index in [0.29, 0.717) is 6.54 Å². The molecule has 2 rings (SSSR count). The van der Waals surface area contributed by atoms with Gasteiger partial charge in [0, 0.05) is 30.7 Å². The Kier molecular flexibility index (Phi) is 3.40. The molecule has 0 bridgehead atoms. The van der Waals surface area contributed by atoms with Crippen LogP contribution in [0.3, 0.4) is 0 Å². The lowest BCUT2D eigenvalue weighted by Crippen LogP contribution is -2.35. The van der Waals surface area contributed by atoms with Crippen LogP contribution in [-0.4, -0.2) is 31.3 Å². The minimum atomic E-state index is -0.311. The molecule has 0 fully saturated rings. The molecule has 0 saturated carbocycles. The summed E-state index contributed by atoms with van der Waals surface area (Å²) < 4.78 is 0. The van der Waals surface area contributed by atoms with Gasteiger partial charge in [0.2, 0.25) is 0 Å². The van der Waals surface area contributed by atoms with Gasteiger partial charge in [-0.2, -0.15) is 0 Å². The van der Waals surface area contributed by atoms with Crippen molar-refractivity contribution in [2.24, 2.45) is 5.73 Å². The summed E-state index contributed by atoms with van der Waals surface area (Å²) in [4.78, 5) is 2.39. The summed E-state index contributed by atoms with van der Waals surface area (Å²) in [5.74, 6) is 0. The second kappa shape index (κ2) is 4.67. The molecule has 0 spiro atoms. The predicted octanol–water partition coefficient (Wildman–Crippen LogP) is 1.28. The topological polar surface area (TPSA) is 49.5 Å². The van der Waals surface area contributed by atoms with Crippen LogP contribution in [0.4, 0.5) is 5.69 Å². The Morgan fingerprint density at radius 1 is 1.47 bits per heavy atom. The molecule has 1 aliphatic heterocycles. The molecule has 1 unspecified atom stereocenters. The molecule has 3 heteroatoms. The van der Waals surface area contributed by atoms with Crippen molar-refractivity contribution in [3.05, 3.63) is 29.3 Å². The molecule has 0 aliphatic carbocycles. The molecule has 94 valence electrons. The zero-order chi connectivity index (χ0) is 12.5. The fourth-order valence-electron chi connectivity index (χ4n) is 2.45. The Morgan fingerprint density at radius 2 is 2.24 bits per heavy atom. The minimum absolute atomic E-state index is 0.0970. The van der Waals surface area contributed by atoms with Crippen molar-refractivity contribution < 1.29 is 5.11 Å². The molecule has 1 aliphatic rings. The Hall–Kier alpha value is -1.06. The van der Waals surface area contributed by atoms with Crippen molar-refractivity contribution in [3.8, 4) is 0 Å². The largest absolute Gasteiger partial charge is 0.395 e. The van der Waals surface area contributed by atoms with Crippen molar-refractivity contribution in [2.75, 3.05) is 31.1 Å². The molecule has 1 heterocycles. The Balaban J connectivity index is 2.35. The monoisotopic (exact) mass is 234 g/mol. The lowest BCUT2D eigenvalue weighted by Gasteiger charge is -2.27. The second-order valence-electron chi connectivity index (χ2n) is 5.10. The molecule has 0 amide bonds. The molecule has 3 nitrogen and oxygen atoms in total. The zero-order valence-corrected chi connectivity index (χ0v) is 10.7. The van der Waals surface area contributed by atoms with Crippen molar-refractivity contribution >= 4 is 5.69 Å². The van der Waals surface area contributed by atoms with Gasteiger partial charge in [0.25, 0.3) is 0 Å². The summed E-state index contributed by atoms with van der Waals surface area (Å²) in [5.41, 5.74) is 9.35. The first-order valence-electron chi connectivity index (χ1n) is 6.34. The van der Waals surface area contributed by atoms with Crippen molar-refractivity contribution in [1.82, 2.24) is 0 Å². The number of aliphatic hydroxyl groups excluding tert-OH is 1.